The molecular formula is C50H37N. The highest BCUT2D eigenvalue weighted by Gasteiger charge is 2.53. The predicted octanol–water partition coefficient (Wildman–Crippen LogP) is 13.3. The molecule has 3 aliphatic carbocycles. The number of rotatable bonds is 3. The van der Waals surface area contributed by atoms with E-state index in [4.69, 9.17) is 0 Å². The first-order valence-electron chi connectivity index (χ1n) is 18.4. The normalized spacial score (nSPS) is 15.8. The lowest BCUT2D eigenvalue weighted by Crippen LogP contribution is -2.39. The second-order valence-corrected chi connectivity index (χ2v) is 14.9. The molecule has 2 spiro atoms. The van der Waals surface area contributed by atoms with Crippen LogP contribution >= 0.6 is 0 Å². The van der Waals surface area contributed by atoms with Crippen molar-refractivity contribution in [2.45, 2.75) is 36.5 Å². The molecule has 3 aliphatic rings. The molecule has 51 heavy (non-hydrogen) atoms. The van der Waals surface area contributed by atoms with Crippen LogP contribution in [0.3, 0.4) is 0 Å². The number of nitrogens with zero attached hydrogens (tertiary/aromatic N) is 1. The molecule has 0 amide bonds. The average molecular weight is 652 g/mol. The Morgan fingerprint density at radius 3 is 1.14 bits per heavy atom. The van der Waals surface area contributed by atoms with E-state index in [0.717, 1.165) is 25.7 Å². The smallest absolute Gasteiger partial charge is 0.0468 e. The maximum atomic E-state index is 2.55. The lowest BCUT2D eigenvalue weighted by molar-refractivity contribution is 0.265. The molecule has 8 aromatic carbocycles. The van der Waals surface area contributed by atoms with Crippen LogP contribution in [0.1, 0.15) is 47.9 Å². The van der Waals surface area contributed by atoms with E-state index in [1.807, 2.05) is 0 Å². The van der Waals surface area contributed by atoms with Gasteiger partial charge < -0.3 is 4.90 Å². The molecule has 11 rings (SSSR count). The van der Waals surface area contributed by atoms with Crippen molar-refractivity contribution in [2.24, 2.45) is 0 Å². The van der Waals surface area contributed by atoms with Gasteiger partial charge in [-0.05, 0) is 128 Å². The molecule has 0 saturated heterocycles. The fourth-order valence-electron chi connectivity index (χ4n) is 10.3. The SMILES string of the molecule is c1ccc2c(c1)-c1ccccc1C21CCC2(CC1)c1ccccc1-c1ccc(N(c3ccc4ccccc4c3)c3ccc4ccccc4c3)cc12. The molecule has 1 heteroatoms. The molecule has 1 nitrogen and oxygen atoms in total. The minimum absolute atomic E-state index is 0.0297. The summed E-state index contributed by atoms with van der Waals surface area (Å²) in [6.07, 6.45) is 4.51. The predicted molar refractivity (Wildman–Crippen MR) is 213 cm³/mol. The zero-order chi connectivity index (χ0) is 33.6. The van der Waals surface area contributed by atoms with Gasteiger partial charge in [0.1, 0.15) is 0 Å². The van der Waals surface area contributed by atoms with Crippen molar-refractivity contribution >= 4 is 38.6 Å². The summed E-state index contributed by atoms with van der Waals surface area (Å²) in [5.41, 5.74) is 15.3. The van der Waals surface area contributed by atoms with Crippen molar-refractivity contribution in [3.63, 3.8) is 0 Å². The maximum Gasteiger partial charge on any atom is 0.0468 e. The Balaban J connectivity index is 1.08. The lowest BCUT2D eigenvalue weighted by Gasteiger charge is -2.45. The van der Waals surface area contributed by atoms with E-state index >= 15 is 0 Å². The Bertz CT molecular complexity index is 2550. The van der Waals surface area contributed by atoms with Crippen molar-refractivity contribution in [1.29, 1.82) is 0 Å². The van der Waals surface area contributed by atoms with Crippen LogP contribution in [0, 0.1) is 0 Å². The van der Waals surface area contributed by atoms with Gasteiger partial charge in [-0.2, -0.15) is 0 Å². The Morgan fingerprint density at radius 1 is 0.294 bits per heavy atom. The van der Waals surface area contributed by atoms with E-state index in [9.17, 15) is 0 Å². The maximum absolute atomic E-state index is 2.55. The van der Waals surface area contributed by atoms with Crippen LogP contribution in [0.25, 0.3) is 43.8 Å². The van der Waals surface area contributed by atoms with E-state index in [-0.39, 0.29) is 10.8 Å². The number of hydrogen-bond donors (Lipinski definition) is 0. The highest BCUT2D eigenvalue weighted by Crippen LogP contribution is 2.64. The van der Waals surface area contributed by atoms with Crippen molar-refractivity contribution < 1.29 is 0 Å². The topological polar surface area (TPSA) is 3.24 Å². The fourth-order valence-corrected chi connectivity index (χ4v) is 10.3. The summed E-state index contributed by atoms with van der Waals surface area (Å²) in [4.78, 5) is 2.48. The van der Waals surface area contributed by atoms with Crippen molar-refractivity contribution in [3.8, 4) is 22.3 Å². The summed E-state index contributed by atoms with van der Waals surface area (Å²) in [6, 6.07) is 66.2. The van der Waals surface area contributed by atoms with Gasteiger partial charge in [0.15, 0.2) is 0 Å². The van der Waals surface area contributed by atoms with Gasteiger partial charge in [-0.3, -0.25) is 0 Å². The molecule has 1 saturated carbocycles. The van der Waals surface area contributed by atoms with Gasteiger partial charge in [0.2, 0.25) is 0 Å². The standard InChI is InChI=1S/C50H37N/c1-3-13-36-31-38(23-21-34(36)11-1)51(39-24-22-35-12-2-4-14-37(35)32-39)40-25-26-44-43-17-7-10-20-47(43)50(48(44)33-40)29-27-49(28-30-50)45-18-8-5-15-41(45)42-16-6-9-19-46(42)49/h1-26,31-33H,27-30H2. The van der Waals surface area contributed by atoms with E-state index in [0.29, 0.717) is 0 Å². The lowest BCUT2D eigenvalue weighted by atomic mass is 9.57. The average Bonchev–Trinajstić information content (AvgIpc) is 3.62. The quantitative estimate of drug-likeness (QED) is 0.184. The van der Waals surface area contributed by atoms with Crippen LogP contribution in [-0.4, -0.2) is 0 Å². The third-order valence-electron chi connectivity index (χ3n) is 12.6. The van der Waals surface area contributed by atoms with Gasteiger partial charge in [0, 0.05) is 27.9 Å². The van der Waals surface area contributed by atoms with E-state index in [1.165, 1.54) is 83.1 Å². The minimum Gasteiger partial charge on any atom is -0.310 e. The molecule has 0 bridgehead atoms. The van der Waals surface area contributed by atoms with Crippen molar-refractivity contribution in [1.82, 2.24) is 0 Å². The van der Waals surface area contributed by atoms with Crippen LogP contribution in [0.4, 0.5) is 17.1 Å². The summed E-state index contributed by atoms with van der Waals surface area (Å²) in [5, 5.41) is 5.02. The second-order valence-electron chi connectivity index (χ2n) is 14.9. The van der Waals surface area contributed by atoms with Gasteiger partial charge >= 0.3 is 0 Å². The van der Waals surface area contributed by atoms with E-state index < -0.39 is 0 Å². The molecule has 242 valence electrons. The van der Waals surface area contributed by atoms with Crippen molar-refractivity contribution in [3.05, 3.63) is 198 Å². The van der Waals surface area contributed by atoms with E-state index in [2.05, 4.69) is 181 Å². The van der Waals surface area contributed by atoms with Crippen LogP contribution in [0.15, 0.2) is 176 Å². The summed E-state index contributed by atoms with van der Waals surface area (Å²) < 4.78 is 0. The first-order chi connectivity index (χ1) is 25.2. The summed E-state index contributed by atoms with van der Waals surface area (Å²) in [7, 11) is 0. The third-order valence-corrected chi connectivity index (χ3v) is 12.6. The molecule has 0 unspecified atom stereocenters. The molecular weight excluding hydrogens is 615 g/mol. The number of benzene rings is 8. The number of fused-ring (bicyclic) bond motifs is 12. The van der Waals surface area contributed by atoms with Gasteiger partial charge in [-0.15, -0.1) is 0 Å². The summed E-state index contributed by atoms with van der Waals surface area (Å²) in [6.45, 7) is 0. The van der Waals surface area contributed by atoms with Gasteiger partial charge in [-0.1, -0.05) is 140 Å². The first-order valence-corrected chi connectivity index (χ1v) is 18.4. The first kappa shape index (κ1) is 28.9. The number of hydrogen-bond acceptors (Lipinski definition) is 1. The van der Waals surface area contributed by atoms with Crippen LogP contribution < -0.4 is 4.90 Å². The summed E-state index contributed by atoms with van der Waals surface area (Å²) in [5.74, 6) is 0. The van der Waals surface area contributed by atoms with Gasteiger partial charge in [-0.25, -0.2) is 0 Å². The second kappa shape index (κ2) is 10.8. The Hall–Kier alpha value is -5.92. The molecule has 0 aromatic heterocycles. The molecule has 0 aliphatic heterocycles. The van der Waals surface area contributed by atoms with Gasteiger partial charge in [0.25, 0.3) is 0 Å². The summed E-state index contributed by atoms with van der Waals surface area (Å²) >= 11 is 0. The molecule has 0 radical (unpaired) electrons. The van der Waals surface area contributed by atoms with Crippen LogP contribution in [0.5, 0.6) is 0 Å². The highest BCUT2D eigenvalue weighted by molar-refractivity contribution is 5.94. The third kappa shape index (κ3) is 4.09. The Labute approximate surface area is 299 Å². The zero-order valence-electron chi connectivity index (χ0n) is 28.5. The molecule has 8 aromatic rings. The number of anilines is 3. The van der Waals surface area contributed by atoms with Crippen LogP contribution in [-0.2, 0) is 10.8 Å². The molecule has 0 heterocycles. The fraction of sp³-hybridized carbons (Fsp3) is 0.120. The molecule has 1 fully saturated rings. The molecule has 0 atom stereocenters. The monoisotopic (exact) mass is 651 g/mol. The Kier molecular flexibility index (Phi) is 6.11. The minimum atomic E-state index is -0.0297. The van der Waals surface area contributed by atoms with Crippen molar-refractivity contribution in [2.75, 3.05) is 4.90 Å². The Morgan fingerprint density at radius 2 is 0.647 bits per heavy atom. The molecule has 0 N–H and O–H groups in total. The zero-order valence-corrected chi connectivity index (χ0v) is 28.5. The highest BCUT2D eigenvalue weighted by atomic mass is 15.1. The van der Waals surface area contributed by atoms with E-state index in [1.54, 1.807) is 0 Å². The van der Waals surface area contributed by atoms with Gasteiger partial charge in [0.05, 0.1) is 0 Å². The van der Waals surface area contributed by atoms with Crippen LogP contribution in [0.2, 0.25) is 0 Å². The largest absolute Gasteiger partial charge is 0.310 e.